The Kier molecular flexibility index (Phi) is 6.10. The van der Waals surface area contributed by atoms with Gasteiger partial charge in [-0.3, -0.25) is 4.79 Å². The molecule has 9 nitrogen and oxygen atoms in total. The van der Waals surface area contributed by atoms with Crippen LogP contribution < -0.4 is 9.84 Å². The van der Waals surface area contributed by atoms with E-state index in [-0.39, 0.29) is 0 Å². The zero-order valence-corrected chi connectivity index (χ0v) is 14.6. The Morgan fingerprint density at radius 3 is 2.43 bits per heavy atom. The zero-order chi connectivity index (χ0) is 20.3. The Morgan fingerprint density at radius 1 is 1.00 bits per heavy atom. The molecule has 0 aromatic heterocycles. The quantitative estimate of drug-likeness (QED) is 0.404. The van der Waals surface area contributed by atoms with Gasteiger partial charge in [0, 0.05) is 0 Å². The summed E-state index contributed by atoms with van der Waals surface area (Å²) in [5.74, 6) is -2.33. The fourth-order valence-corrected chi connectivity index (χ4v) is 2.87. The van der Waals surface area contributed by atoms with E-state index in [1.54, 1.807) is 12.1 Å². The molecule has 1 saturated heterocycles. The van der Waals surface area contributed by atoms with Gasteiger partial charge in [0.2, 0.25) is 6.29 Å². The SMILES string of the molecule is O=C([O-])CC(=O)OC[C@H]1O[C@@H](Oc2ccc3ccccc3c2)[C@H](O)[C@@H](O)[C@@H]1O. The Balaban J connectivity index is 1.68. The van der Waals surface area contributed by atoms with Gasteiger partial charge in [0.05, 0.1) is 12.4 Å². The van der Waals surface area contributed by atoms with Crippen LogP contribution >= 0.6 is 0 Å². The van der Waals surface area contributed by atoms with Crippen molar-refractivity contribution in [1.82, 2.24) is 0 Å². The second-order valence-electron chi connectivity index (χ2n) is 6.37. The van der Waals surface area contributed by atoms with Gasteiger partial charge in [-0.25, -0.2) is 0 Å². The van der Waals surface area contributed by atoms with Crippen molar-refractivity contribution < 1.29 is 44.2 Å². The van der Waals surface area contributed by atoms with Gasteiger partial charge in [0.25, 0.3) is 0 Å². The maximum atomic E-state index is 11.3. The first-order chi connectivity index (χ1) is 13.3. The first-order valence-electron chi connectivity index (χ1n) is 8.56. The molecule has 0 aliphatic carbocycles. The number of hydrogen-bond donors (Lipinski definition) is 3. The predicted octanol–water partition coefficient (Wildman–Crippen LogP) is -1.29. The lowest BCUT2D eigenvalue weighted by atomic mass is 9.99. The second-order valence-corrected chi connectivity index (χ2v) is 6.37. The van der Waals surface area contributed by atoms with E-state index in [0.29, 0.717) is 5.75 Å². The summed E-state index contributed by atoms with van der Waals surface area (Å²) in [5, 5.41) is 42.5. The van der Waals surface area contributed by atoms with Gasteiger partial charge < -0.3 is 39.4 Å². The molecule has 1 aliphatic heterocycles. The highest BCUT2D eigenvalue weighted by molar-refractivity contribution is 5.89. The smallest absolute Gasteiger partial charge is 0.311 e. The Labute approximate surface area is 159 Å². The van der Waals surface area contributed by atoms with E-state index < -0.39 is 55.7 Å². The fourth-order valence-electron chi connectivity index (χ4n) is 2.87. The summed E-state index contributed by atoms with van der Waals surface area (Å²) in [5.41, 5.74) is 0. The van der Waals surface area contributed by atoms with Crippen LogP contribution in [0.1, 0.15) is 6.42 Å². The number of esters is 1. The lowest BCUT2D eigenvalue weighted by Gasteiger charge is -2.39. The highest BCUT2D eigenvalue weighted by atomic mass is 16.7. The summed E-state index contributed by atoms with van der Waals surface area (Å²) in [7, 11) is 0. The number of ether oxygens (including phenoxy) is 3. The molecule has 0 radical (unpaired) electrons. The number of hydrogen-bond acceptors (Lipinski definition) is 9. The number of rotatable bonds is 6. The number of fused-ring (bicyclic) bond motifs is 1. The van der Waals surface area contributed by atoms with Gasteiger partial charge in [-0.2, -0.15) is 0 Å². The number of benzene rings is 2. The van der Waals surface area contributed by atoms with Gasteiger partial charge >= 0.3 is 5.97 Å². The molecule has 0 saturated carbocycles. The van der Waals surface area contributed by atoms with Crippen molar-refractivity contribution in [2.75, 3.05) is 6.61 Å². The molecule has 0 amide bonds. The summed E-state index contributed by atoms with van der Waals surface area (Å²) in [6, 6.07) is 12.7. The molecule has 0 unspecified atom stereocenters. The van der Waals surface area contributed by atoms with Crippen molar-refractivity contribution in [2.24, 2.45) is 0 Å². The second kappa shape index (κ2) is 8.53. The molecule has 3 rings (SSSR count). The number of carbonyl (C=O) groups is 2. The molecule has 5 atom stereocenters. The van der Waals surface area contributed by atoms with Gasteiger partial charge in [0.15, 0.2) is 0 Å². The summed E-state index contributed by atoms with van der Waals surface area (Å²) in [6.45, 7) is -0.533. The Bertz CT molecular complexity index is 852. The third kappa shape index (κ3) is 4.57. The molecular weight excluding hydrogens is 372 g/mol. The summed E-state index contributed by atoms with van der Waals surface area (Å²) >= 11 is 0. The third-order valence-corrected chi connectivity index (χ3v) is 4.34. The van der Waals surface area contributed by atoms with Crippen molar-refractivity contribution in [1.29, 1.82) is 0 Å². The van der Waals surface area contributed by atoms with Crippen LogP contribution in [0.4, 0.5) is 0 Å². The Hall–Kier alpha value is -2.72. The van der Waals surface area contributed by atoms with Crippen LogP contribution in [0, 0.1) is 0 Å². The molecule has 3 N–H and O–H groups in total. The van der Waals surface area contributed by atoms with Gasteiger partial charge in [0.1, 0.15) is 36.8 Å². The number of aliphatic hydroxyl groups is 3. The molecule has 0 spiro atoms. The zero-order valence-electron chi connectivity index (χ0n) is 14.6. The van der Waals surface area contributed by atoms with Crippen molar-refractivity contribution >= 4 is 22.7 Å². The van der Waals surface area contributed by atoms with E-state index in [9.17, 15) is 30.0 Å². The minimum atomic E-state index is -1.62. The van der Waals surface area contributed by atoms with Crippen molar-refractivity contribution in [3.63, 3.8) is 0 Å². The molecule has 2 aromatic carbocycles. The van der Waals surface area contributed by atoms with E-state index in [1.165, 1.54) is 0 Å². The average molecular weight is 391 g/mol. The van der Waals surface area contributed by atoms with Crippen molar-refractivity contribution in [2.45, 2.75) is 37.1 Å². The van der Waals surface area contributed by atoms with Gasteiger partial charge in [-0.05, 0) is 22.9 Å². The van der Waals surface area contributed by atoms with Crippen LogP contribution in [0.15, 0.2) is 42.5 Å². The average Bonchev–Trinajstić information content (AvgIpc) is 2.67. The standard InChI is InChI=1S/C19H20O9/c20-14(21)8-15(22)26-9-13-16(23)17(24)18(25)19(28-13)27-12-6-5-10-3-1-2-4-11(10)7-12/h1-7,13,16-19,23-25H,8-9H2,(H,20,21)/p-1/t13-,16-,17+,18-,19-/m1/s1. The number of aliphatic hydroxyl groups excluding tert-OH is 3. The van der Waals surface area contributed by atoms with Crippen LogP contribution in [0.25, 0.3) is 10.8 Å². The van der Waals surface area contributed by atoms with Crippen LogP contribution in [0.2, 0.25) is 0 Å². The van der Waals surface area contributed by atoms with Crippen molar-refractivity contribution in [3.05, 3.63) is 42.5 Å². The number of carbonyl (C=O) groups excluding carboxylic acids is 2. The molecule has 1 heterocycles. The highest BCUT2D eigenvalue weighted by Gasteiger charge is 2.45. The van der Waals surface area contributed by atoms with Gasteiger partial charge in [-0.15, -0.1) is 0 Å². The minimum absolute atomic E-state index is 0.360. The molecule has 1 aliphatic rings. The molecule has 150 valence electrons. The largest absolute Gasteiger partial charge is 0.550 e. The number of carboxylic acid groups (broad SMARTS) is 1. The fraction of sp³-hybridized carbons (Fsp3) is 0.368. The maximum Gasteiger partial charge on any atom is 0.311 e. The van der Waals surface area contributed by atoms with Crippen LogP contribution in [-0.4, -0.2) is 64.6 Å². The summed E-state index contributed by atoms with van der Waals surface area (Å²) < 4.78 is 15.7. The lowest BCUT2D eigenvalue weighted by Crippen LogP contribution is -2.60. The van der Waals surface area contributed by atoms with E-state index in [1.807, 2.05) is 30.3 Å². The molecule has 9 heteroatoms. The van der Waals surface area contributed by atoms with Crippen LogP contribution in [0.3, 0.4) is 0 Å². The first-order valence-corrected chi connectivity index (χ1v) is 8.56. The third-order valence-electron chi connectivity index (χ3n) is 4.34. The molecule has 2 aromatic rings. The van der Waals surface area contributed by atoms with Gasteiger partial charge in [-0.1, -0.05) is 30.3 Å². The summed E-state index contributed by atoms with van der Waals surface area (Å²) in [6.07, 6.45) is -8.27. The van der Waals surface area contributed by atoms with Crippen molar-refractivity contribution in [3.8, 4) is 5.75 Å². The van der Waals surface area contributed by atoms with E-state index in [0.717, 1.165) is 10.8 Å². The number of aliphatic carboxylic acids is 1. The van der Waals surface area contributed by atoms with Crippen LogP contribution in [-0.2, 0) is 19.1 Å². The topological polar surface area (TPSA) is 146 Å². The molecule has 28 heavy (non-hydrogen) atoms. The lowest BCUT2D eigenvalue weighted by molar-refractivity contribution is -0.305. The monoisotopic (exact) mass is 391 g/mol. The number of carboxylic acids is 1. The molecular formula is C19H19O9-. The highest BCUT2D eigenvalue weighted by Crippen LogP contribution is 2.27. The maximum absolute atomic E-state index is 11.3. The summed E-state index contributed by atoms with van der Waals surface area (Å²) in [4.78, 5) is 21.7. The van der Waals surface area contributed by atoms with E-state index in [2.05, 4.69) is 0 Å². The van der Waals surface area contributed by atoms with E-state index in [4.69, 9.17) is 14.2 Å². The van der Waals surface area contributed by atoms with Crippen LogP contribution in [0.5, 0.6) is 5.75 Å². The predicted molar refractivity (Wildman–Crippen MR) is 91.8 cm³/mol. The Morgan fingerprint density at radius 2 is 1.71 bits per heavy atom. The minimum Gasteiger partial charge on any atom is -0.550 e. The molecule has 0 bridgehead atoms. The first kappa shape index (κ1) is 20.0. The van der Waals surface area contributed by atoms with E-state index >= 15 is 0 Å². The normalized spacial score (nSPS) is 27.3. The molecule has 1 fully saturated rings.